The molecule has 1 aromatic carbocycles. The van der Waals surface area contributed by atoms with Gasteiger partial charge in [-0.3, -0.25) is 14.5 Å². The first-order valence-electron chi connectivity index (χ1n) is 13.4. The number of ether oxygens (including phenoxy) is 2. The Kier molecular flexibility index (Phi) is 10.9. The van der Waals surface area contributed by atoms with Crippen LogP contribution in [0.3, 0.4) is 0 Å². The van der Waals surface area contributed by atoms with Crippen LogP contribution in [0.4, 0.5) is 4.79 Å². The minimum atomic E-state index is -3.68. The monoisotopic (exact) mass is 583 g/mol. The van der Waals surface area contributed by atoms with Crippen molar-refractivity contribution in [1.29, 1.82) is 0 Å². The summed E-state index contributed by atoms with van der Waals surface area (Å²) >= 11 is 1.61. The van der Waals surface area contributed by atoms with Crippen LogP contribution in [0.5, 0.6) is 5.75 Å². The predicted molar refractivity (Wildman–Crippen MR) is 151 cm³/mol. The molecule has 0 aromatic heterocycles. The van der Waals surface area contributed by atoms with Crippen molar-refractivity contribution < 1.29 is 32.3 Å². The van der Waals surface area contributed by atoms with Crippen LogP contribution in [-0.2, 0) is 30.7 Å². The van der Waals surface area contributed by atoms with Gasteiger partial charge in [0.25, 0.3) is 0 Å². The van der Waals surface area contributed by atoms with Crippen molar-refractivity contribution in [1.82, 2.24) is 15.5 Å². The lowest BCUT2D eigenvalue weighted by molar-refractivity contribution is -0.130. The maximum absolute atomic E-state index is 13.3. The van der Waals surface area contributed by atoms with Crippen LogP contribution >= 0.6 is 11.8 Å². The molecule has 1 aliphatic heterocycles. The van der Waals surface area contributed by atoms with Gasteiger partial charge >= 0.3 is 6.09 Å². The highest BCUT2D eigenvalue weighted by atomic mass is 32.2. The smallest absolute Gasteiger partial charge is 0.411 e. The maximum atomic E-state index is 13.3. The Morgan fingerprint density at radius 3 is 2.38 bits per heavy atom. The molecule has 3 amide bonds. The Bertz CT molecular complexity index is 1100. The minimum Gasteiger partial charge on any atom is -0.497 e. The quantitative estimate of drug-likeness (QED) is 0.430. The fourth-order valence-corrected chi connectivity index (χ4v) is 7.52. The SMILES string of the molecule is COc1ccc(CNC(=O)[C@H](CSCC2CCCCC2)NC(=O)[C@@H]2CS(=O)(=O)CN2C(=O)OC(C)(C)C)cc1. The van der Waals surface area contributed by atoms with Crippen molar-refractivity contribution in [2.45, 2.75) is 77.1 Å². The third-order valence-corrected chi connectivity index (χ3v) is 9.45. The van der Waals surface area contributed by atoms with Crippen LogP contribution in [0, 0.1) is 5.92 Å². The number of thioether (sulfide) groups is 1. The number of sulfone groups is 1. The summed E-state index contributed by atoms with van der Waals surface area (Å²) in [5.41, 5.74) is 0.00598. The average molecular weight is 584 g/mol. The zero-order valence-electron chi connectivity index (χ0n) is 23.2. The molecule has 10 nitrogen and oxygen atoms in total. The second-order valence-corrected chi connectivity index (χ2v) is 14.3. The standard InChI is InChI=1S/C27H41N3O7S2/c1-27(2,3)37-26(33)30-18-39(34,35)17-23(30)25(32)29-22(16-38-15-20-8-6-5-7-9-20)24(31)28-14-19-10-12-21(36-4)13-11-19/h10-13,20,22-23H,5-9,14-18H2,1-4H3,(H,28,31)(H,29,32)/t22-,23-/m0/s1. The molecule has 39 heavy (non-hydrogen) atoms. The van der Waals surface area contributed by atoms with E-state index < -0.39 is 51.2 Å². The van der Waals surface area contributed by atoms with Gasteiger partial charge in [0.05, 0.1) is 12.9 Å². The average Bonchev–Trinajstić information content (AvgIpc) is 3.22. The maximum Gasteiger partial charge on any atom is 0.411 e. The highest BCUT2D eigenvalue weighted by molar-refractivity contribution is 7.99. The minimum absolute atomic E-state index is 0.254. The van der Waals surface area contributed by atoms with Gasteiger partial charge < -0.3 is 20.1 Å². The molecule has 2 fully saturated rings. The second-order valence-electron chi connectivity index (χ2n) is 11.2. The topological polar surface area (TPSA) is 131 Å². The first-order chi connectivity index (χ1) is 18.4. The molecule has 2 atom stereocenters. The Labute approximate surface area is 235 Å². The van der Waals surface area contributed by atoms with E-state index in [9.17, 15) is 22.8 Å². The number of carbonyl (C=O) groups is 3. The largest absolute Gasteiger partial charge is 0.497 e. The lowest BCUT2D eigenvalue weighted by Gasteiger charge is -2.28. The summed E-state index contributed by atoms with van der Waals surface area (Å²) < 4.78 is 35.3. The number of carbonyl (C=O) groups excluding carboxylic acids is 3. The third-order valence-electron chi connectivity index (χ3n) is 6.68. The van der Waals surface area contributed by atoms with Crippen LogP contribution in [0.1, 0.15) is 58.4 Å². The molecule has 0 radical (unpaired) electrons. The van der Waals surface area contributed by atoms with E-state index >= 15 is 0 Å². The first kappa shape index (κ1) is 31.1. The van der Waals surface area contributed by atoms with E-state index in [-0.39, 0.29) is 12.5 Å². The molecule has 12 heteroatoms. The molecule has 0 unspecified atom stereocenters. The van der Waals surface area contributed by atoms with E-state index in [1.165, 1.54) is 32.1 Å². The summed E-state index contributed by atoms with van der Waals surface area (Å²) in [7, 11) is -2.10. The van der Waals surface area contributed by atoms with E-state index in [1.54, 1.807) is 51.8 Å². The molecule has 1 saturated carbocycles. The second kappa shape index (κ2) is 13.7. The van der Waals surface area contributed by atoms with Crippen molar-refractivity contribution in [3.63, 3.8) is 0 Å². The van der Waals surface area contributed by atoms with Crippen molar-refractivity contribution in [3.8, 4) is 5.75 Å². The molecular weight excluding hydrogens is 542 g/mol. The zero-order chi connectivity index (χ0) is 28.6. The van der Waals surface area contributed by atoms with Crippen molar-refractivity contribution in [2.24, 2.45) is 5.92 Å². The molecule has 1 aliphatic carbocycles. The summed E-state index contributed by atoms with van der Waals surface area (Å²) in [6.07, 6.45) is 5.13. The molecule has 1 aromatic rings. The Hall–Kier alpha value is -2.47. The van der Waals surface area contributed by atoms with Crippen molar-refractivity contribution in [2.75, 3.05) is 30.2 Å². The van der Waals surface area contributed by atoms with Gasteiger partial charge in [-0.2, -0.15) is 11.8 Å². The number of rotatable bonds is 10. The van der Waals surface area contributed by atoms with Crippen LogP contribution in [-0.4, -0.2) is 79.2 Å². The summed E-state index contributed by atoms with van der Waals surface area (Å²) in [5, 5.41) is 5.60. The number of amides is 3. The van der Waals surface area contributed by atoms with Gasteiger partial charge in [-0.05, 0) is 63.0 Å². The lowest BCUT2D eigenvalue weighted by Crippen LogP contribution is -2.55. The molecule has 1 saturated heterocycles. The van der Waals surface area contributed by atoms with E-state index in [0.29, 0.717) is 17.4 Å². The molecule has 218 valence electrons. The normalized spacial score (nSPS) is 20.2. The summed E-state index contributed by atoms with van der Waals surface area (Å²) in [5.74, 6) is 0.325. The Morgan fingerprint density at radius 1 is 1.10 bits per heavy atom. The van der Waals surface area contributed by atoms with Crippen LogP contribution in [0.15, 0.2) is 24.3 Å². The van der Waals surface area contributed by atoms with E-state index in [0.717, 1.165) is 16.2 Å². The summed E-state index contributed by atoms with van der Waals surface area (Å²) in [6, 6.07) is 5.11. The number of methoxy groups -OCH3 is 1. The Morgan fingerprint density at radius 2 is 1.77 bits per heavy atom. The highest BCUT2D eigenvalue weighted by Gasteiger charge is 2.45. The van der Waals surface area contributed by atoms with Gasteiger partial charge in [0.2, 0.25) is 11.8 Å². The van der Waals surface area contributed by atoms with Gasteiger partial charge in [0.1, 0.15) is 29.3 Å². The van der Waals surface area contributed by atoms with E-state index in [1.807, 2.05) is 12.1 Å². The van der Waals surface area contributed by atoms with Crippen molar-refractivity contribution in [3.05, 3.63) is 29.8 Å². The molecule has 0 spiro atoms. The number of nitrogens with zero attached hydrogens (tertiary/aromatic N) is 1. The fourth-order valence-electron chi connectivity index (χ4n) is 4.62. The van der Waals surface area contributed by atoms with Gasteiger partial charge in [-0.25, -0.2) is 13.2 Å². The lowest BCUT2D eigenvalue weighted by atomic mass is 9.91. The van der Waals surface area contributed by atoms with Crippen LogP contribution in [0.25, 0.3) is 0 Å². The van der Waals surface area contributed by atoms with Gasteiger partial charge in [-0.15, -0.1) is 0 Å². The number of hydrogen-bond acceptors (Lipinski definition) is 8. The summed E-state index contributed by atoms with van der Waals surface area (Å²) in [4.78, 5) is 40.2. The Balaban J connectivity index is 1.68. The number of nitrogens with one attached hydrogen (secondary N) is 2. The van der Waals surface area contributed by atoms with Gasteiger partial charge in [0, 0.05) is 12.3 Å². The van der Waals surface area contributed by atoms with Crippen LogP contribution in [0.2, 0.25) is 0 Å². The molecule has 3 rings (SSSR count). The van der Waals surface area contributed by atoms with Crippen LogP contribution < -0.4 is 15.4 Å². The molecule has 2 aliphatic rings. The van der Waals surface area contributed by atoms with Gasteiger partial charge in [-0.1, -0.05) is 31.4 Å². The first-order valence-corrected chi connectivity index (χ1v) is 16.3. The third kappa shape index (κ3) is 9.90. The highest BCUT2D eigenvalue weighted by Crippen LogP contribution is 2.27. The van der Waals surface area contributed by atoms with Crippen molar-refractivity contribution >= 4 is 39.5 Å². The van der Waals surface area contributed by atoms with E-state index in [4.69, 9.17) is 9.47 Å². The number of hydrogen-bond donors (Lipinski definition) is 2. The summed E-state index contributed by atoms with van der Waals surface area (Å²) in [6.45, 7) is 5.25. The molecule has 2 N–H and O–H groups in total. The zero-order valence-corrected chi connectivity index (χ0v) is 24.9. The fraction of sp³-hybridized carbons (Fsp3) is 0.667. The predicted octanol–water partition coefficient (Wildman–Crippen LogP) is 3.10. The number of benzene rings is 1. The molecule has 0 bridgehead atoms. The van der Waals surface area contributed by atoms with E-state index in [2.05, 4.69) is 10.6 Å². The molecular formula is C27H41N3O7S2. The van der Waals surface area contributed by atoms with Gasteiger partial charge in [0.15, 0.2) is 9.84 Å². The molecule has 1 heterocycles.